The zero-order chi connectivity index (χ0) is 21.3. The second-order valence-electron chi connectivity index (χ2n) is 6.73. The lowest BCUT2D eigenvalue weighted by molar-refractivity contribution is 0.0828. The quantitative estimate of drug-likeness (QED) is 0.574. The van der Waals surface area contributed by atoms with E-state index in [1.165, 1.54) is 4.90 Å². The van der Waals surface area contributed by atoms with Gasteiger partial charge >= 0.3 is 0 Å². The average molecular weight is 404 g/mol. The van der Waals surface area contributed by atoms with Crippen molar-refractivity contribution in [2.24, 2.45) is 0 Å². The van der Waals surface area contributed by atoms with Gasteiger partial charge in [-0.2, -0.15) is 0 Å². The Kier molecular flexibility index (Phi) is 7.05. The monoisotopic (exact) mass is 404 g/mol. The molecule has 0 saturated heterocycles. The first-order valence-corrected chi connectivity index (χ1v) is 9.57. The van der Waals surface area contributed by atoms with E-state index in [-0.39, 0.29) is 11.8 Å². The van der Waals surface area contributed by atoms with Crippen molar-refractivity contribution in [3.63, 3.8) is 0 Å². The minimum absolute atomic E-state index is 0.174. The van der Waals surface area contributed by atoms with Gasteiger partial charge in [-0.15, -0.1) is 0 Å². The van der Waals surface area contributed by atoms with Crippen molar-refractivity contribution in [1.82, 2.24) is 4.90 Å². The number of para-hydroxylation sites is 2. The summed E-state index contributed by atoms with van der Waals surface area (Å²) in [7, 11) is 3.34. The summed E-state index contributed by atoms with van der Waals surface area (Å²) in [5.41, 5.74) is 1.38. The molecule has 0 unspecified atom stereocenters. The van der Waals surface area contributed by atoms with Crippen molar-refractivity contribution >= 4 is 17.5 Å². The molecule has 0 aliphatic rings. The van der Waals surface area contributed by atoms with E-state index >= 15 is 0 Å². The number of hydrogen-bond acceptors (Lipinski definition) is 4. The van der Waals surface area contributed by atoms with Crippen molar-refractivity contribution in [1.29, 1.82) is 0 Å². The topological polar surface area (TPSA) is 67.9 Å². The maximum Gasteiger partial charge on any atom is 0.255 e. The lowest BCUT2D eigenvalue weighted by Crippen LogP contribution is -2.24. The second-order valence-corrected chi connectivity index (χ2v) is 6.73. The van der Waals surface area contributed by atoms with Crippen molar-refractivity contribution in [2.75, 3.05) is 32.6 Å². The summed E-state index contributed by atoms with van der Waals surface area (Å²) >= 11 is 0. The molecule has 0 aliphatic carbocycles. The summed E-state index contributed by atoms with van der Waals surface area (Å²) in [6.45, 7) is 0.809. The Bertz CT molecular complexity index is 986. The molecule has 3 rings (SSSR count). The maximum absolute atomic E-state index is 12.6. The smallest absolute Gasteiger partial charge is 0.255 e. The molecule has 0 radical (unpaired) electrons. The van der Waals surface area contributed by atoms with Crippen LogP contribution in [0.4, 0.5) is 5.69 Å². The highest BCUT2D eigenvalue weighted by Crippen LogP contribution is 2.19. The number of carbonyl (C=O) groups is 2. The van der Waals surface area contributed by atoms with Crippen LogP contribution >= 0.6 is 0 Å². The Morgan fingerprint density at radius 3 is 1.97 bits per heavy atom. The normalized spacial score (nSPS) is 10.2. The zero-order valence-corrected chi connectivity index (χ0v) is 17.0. The van der Waals surface area contributed by atoms with Crippen LogP contribution in [0.25, 0.3) is 0 Å². The Morgan fingerprint density at radius 1 is 0.767 bits per heavy atom. The molecule has 0 bridgehead atoms. The van der Waals surface area contributed by atoms with Crippen LogP contribution in [0.15, 0.2) is 78.9 Å². The lowest BCUT2D eigenvalue weighted by Gasteiger charge is -2.15. The maximum atomic E-state index is 12.6. The molecule has 0 fully saturated rings. The summed E-state index contributed by atoms with van der Waals surface area (Å²) in [5, 5.41) is 2.81. The number of ether oxygens (including phenoxy) is 2. The molecule has 0 heterocycles. The fourth-order valence-electron chi connectivity index (χ4n) is 2.75. The van der Waals surface area contributed by atoms with E-state index in [1.54, 1.807) is 62.6 Å². The molecule has 3 aromatic rings. The molecule has 0 saturated carbocycles. The van der Waals surface area contributed by atoms with E-state index in [1.807, 2.05) is 30.3 Å². The van der Waals surface area contributed by atoms with Gasteiger partial charge in [0.2, 0.25) is 0 Å². The minimum atomic E-state index is -0.298. The van der Waals surface area contributed by atoms with Crippen LogP contribution in [0.1, 0.15) is 20.7 Å². The Labute approximate surface area is 176 Å². The number of benzene rings is 3. The molecule has 3 aromatic carbocycles. The molecule has 30 heavy (non-hydrogen) atoms. The van der Waals surface area contributed by atoms with Gasteiger partial charge in [0.05, 0.1) is 11.3 Å². The third-order valence-corrected chi connectivity index (χ3v) is 4.29. The van der Waals surface area contributed by atoms with E-state index < -0.39 is 0 Å². The number of nitrogens with zero attached hydrogens (tertiary/aromatic N) is 1. The fourth-order valence-corrected chi connectivity index (χ4v) is 2.75. The van der Waals surface area contributed by atoms with Gasteiger partial charge in [0, 0.05) is 19.7 Å². The molecular formula is C24H24N2O4. The molecule has 0 aliphatic heterocycles. The van der Waals surface area contributed by atoms with Gasteiger partial charge in [-0.05, 0) is 48.5 Å². The average Bonchev–Trinajstić information content (AvgIpc) is 2.77. The first-order valence-electron chi connectivity index (χ1n) is 9.57. The predicted octanol–water partition coefficient (Wildman–Crippen LogP) is 4.10. The van der Waals surface area contributed by atoms with Crippen LogP contribution in [0.5, 0.6) is 11.5 Å². The fraction of sp³-hybridized carbons (Fsp3) is 0.167. The van der Waals surface area contributed by atoms with Crippen LogP contribution in [0, 0.1) is 0 Å². The Balaban J connectivity index is 1.55. The second kappa shape index (κ2) is 10.1. The number of carbonyl (C=O) groups excluding carboxylic acids is 2. The van der Waals surface area contributed by atoms with E-state index in [0.29, 0.717) is 35.8 Å². The number of nitrogens with one attached hydrogen (secondary N) is 1. The van der Waals surface area contributed by atoms with E-state index in [4.69, 9.17) is 9.47 Å². The summed E-state index contributed by atoms with van der Waals surface area (Å²) in [4.78, 5) is 26.4. The minimum Gasteiger partial charge on any atom is -0.490 e. The molecule has 0 aromatic heterocycles. The standard InChI is InChI=1S/C24H24N2O4/c1-26(2)24(28)21-10-6-7-11-22(21)25-23(27)18-12-14-20(15-13-18)30-17-16-29-19-8-4-3-5-9-19/h3-15H,16-17H2,1-2H3,(H,25,27). The highest BCUT2D eigenvalue weighted by molar-refractivity contribution is 6.08. The summed E-state index contributed by atoms with van der Waals surface area (Å²) in [6, 6.07) is 23.3. The Hall–Kier alpha value is -3.80. The molecule has 6 nitrogen and oxygen atoms in total. The molecular weight excluding hydrogens is 380 g/mol. The van der Waals surface area contributed by atoms with Crippen molar-refractivity contribution in [2.45, 2.75) is 0 Å². The summed E-state index contributed by atoms with van der Waals surface area (Å²) in [6.07, 6.45) is 0. The molecule has 1 N–H and O–H groups in total. The highest BCUT2D eigenvalue weighted by Gasteiger charge is 2.15. The van der Waals surface area contributed by atoms with Gasteiger partial charge < -0.3 is 19.7 Å². The number of amides is 2. The van der Waals surface area contributed by atoms with E-state index in [9.17, 15) is 9.59 Å². The van der Waals surface area contributed by atoms with Gasteiger partial charge in [-0.3, -0.25) is 9.59 Å². The molecule has 0 spiro atoms. The van der Waals surface area contributed by atoms with Crippen molar-refractivity contribution in [3.8, 4) is 11.5 Å². The zero-order valence-electron chi connectivity index (χ0n) is 17.0. The first kappa shape index (κ1) is 20.9. The molecule has 6 heteroatoms. The number of hydrogen-bond donors (Lipinski definition) is 1. The Morgan fingerprint density at radius 2 is 1.33 bits per heavy atom. The third-order valence-electron chi connectivity index (χ3n) is 4.29. The van der Waals surface area contributed by atoms with E-state index in [0.717, 1.165) is 5.75 Å². The van der Waals surface area contributed by atoms with Gasteiger partial charge in [0.25, 0.3) is 11.8 Å². The van der Waals surface area contributed by atoms with Gasteiger partial charge in [-0.25, -0.2) is 0 Å². The SMILES string of the molecule is CN(C)C(=O)c1ccccc1NC(=O)c1ccc(OCCOc2ccccc2)cc1. The van der Waals surface area contributed by atoms with Gasteiger partial charge in [-0.1, -0.05) is 30.3 Å². The van der Waals surface area contributed by atoms with Crippen LogP contribution in [0.3, 0.4) is 0 Å². The van der Waals surface area contributed by atoms with Crippen LogP contribution in [-0.4, -0.2) is 44.0 Å². The molecule has 2 amide bonds. The summed E-state index contributed by atoms with van der Waals surface area (Å²) in [5.74, 6) is 0.966. The molecule has 0 atom stereocenters. The van der Waals surface area contributed by atoms with Gasteiger partial charge in [0.15, 0.2) is 0 Å². The molecule has 154 valence electrons. The van der Waals surface area contributed by atoms with Crippen LogP contribution in [0.2, 0.25) is 0 Å². The highest BCUT2D eigenvalue weighted by atomic mass is 16.5. The van der Waals surface area contributed by atoms with Crippen LogP contribution < -0.4 is 14.8 Å². The lowest BCUT2D eigenvalue weighted by atomic mass is 10.1. The largest absolute Gasteiger partial charge is 0.490 e. The van der Waals surface area contributed by atoms with Crippen LogP contribution in [-0.2, 0) is 0 Å². The van der Waals surface area contributed by atoms with Gasteiger partial charge in [0.1, 0.15) is 24.7 Å². The van der Waals surface area contributed by atoms with Crippen molar-refractivity contribution in [3.05, 3.63) is 90.0 Å². The van der Waals surface area contributed by atoms with Crippen molar-refractivity contribution < 1.29 is 19.1 Å². The number of rotatable bonds is 8. The predicted molar refractivity (Wildman–Crippen MR) is 116 cm³/mol. The number of anilines is 1. The third kappa shape index (κ3) is 5.61. The van der Waals surface area contributed by atoms with E-state index in [2.05, 4.69) is 5.32 Å². The summed E-state index contributed by atoms with van der Waals surface area (Å²) < 4.78 is 11.2. The first-order chi connectivity index (χ1) is 14.5.